The molecule has 0 saturated heterocycles. The Morgan fingerprint density at radius 2 is 1.83 bits per heavy atom. The zero-order valence-corrected chi connectivity index (χ0v) is 18.2. The summed E-state index contributed by atoms with van der Waals surface area (Å²) < 4.78 is 7.24. The predicted octanol–water partition coefficient (Wildman–Crippen LogP) is 5.20. The molecule has 30 heavy (non-hydrogen) atoms. The minimum absolute atomic E-state index is 0.0701. The fourth-order valence-corrected chi connectivity index (χ4v) is 4.35. The van der Waals surface area contributed by atoms with Crippen molar-refractivity contribution in [3.05, 3.63) is 76.7 Å². The number of benzene rings is 2. The topological polar surface area (TPSA) is 59.9 Å². The summed E-state index contributed by atoms with van der Waals surface area (Å²) in [4.78, 5) is 21.6. The van der Waals surface area contributed by atoms with Gasteiger partial charge in [0.05, 0.1) is 13.7 Å². The van der Waals surface area contributed by atoms with E-state index in [0.717, 1.165) is 33.3 Å². The molecule has 0 radical (unpaired) electrons. The molecule has 0 atom stereocenters. The van der Waals surface area contributed by atoms with Crippen molar-refractivity contribution in [2.45, 2.75) is 25.5 Å². The van der Waals surface area contributed by atoms with Crippen molar-refractivity contribution in [3.8, 4) is 16.9 Å². The quantitative estimate of drug-likeness (QED) is 0.331. The van der Waals surface area contributed by atoms with Gasteiger partial charge in [0, 0.05) is 23.1 Å². The molecule has 4 rings (SSSR count). The number of ether oxygens (including phenoxy) is 1. The maximum Gasteiger partial charge on any atom is 0.278 e. The Labute approximate surface area is 180 Å². The van der Waals surface area contributed by atoms with E-state index < -0.39 is 0 Å². The lowest BCUT2D eigenvalue weighted by Gasteiger charge is -2.15. The van der Waals surface area contributed by atoms with Crippen LogP contribution in [0.5, 0.6) is 5.75 Å². The highest BCUT2D eigenvalue weighted by Crippen LogP contribution is 2.29. The zero-order chi connectivity index (χ0) is 21.1. The Morgan fingerprint density at radius 1 is 1.10 bits per heavy atom. The fourth-order valence-electron chi connectivity index (χ4n) is 3.41. The molecular formula is C24H25N3O2S. The van der Waals surface area contributed by atoms with Gasteiger partial charge < -0.3 is 9.72 Å². The first kappa shape index (κ1) is 20.3. The molecule has 6 heteroatoms. The summed E-state index contributed by atoms with van der Waals surface area (Å²) in [5.74, 6) is 2.14. The van der Waals surface area contributed by atoms with Crippen LogP contribution in [-0.2, 0) is 6.54 Å². The molecule has 2 heterocycles. The van der Waals surface area contributed by atoms with Gasteiger partial charge in [-0.3, -0.25) is 9.36 Å². The molecule has 2 aromatic carbocycles. The fraction of sp³-hybridized carbons (Fsp3) is 0.250. The van der Waals surface area contributed by atoms with Gasteiger partial charge in [0.1, 0.15) is 16.8 Å². The highest BCUT2D eigenvalue weighted by Gasteiger charge is 2.18. The number of aromatic nitrogens is 3. The van der Waals surface area contributed by atoms with Gasteiger partial charge in [-0.05, 0) is 17.5 Å². The first-order chi connectivity index (χ1) is 14.6. The SMILES string of the molecule is COc1ccccc1Cn1c(SCC(C)C)nc2c(-c3ccccc3)c[nH]c2c1=O. The molecule has 0 fully saturated rings. The monoisotopic (exact) mass is 419 g/mol. The molecule has 1 N–H and O–H groups in total. The molecule has 0 bridgehead atoms. The van der Waals surface area contributed by atoms with E-state index in [2.05, 4.69) is 18.8 Å². The summed E-state index contributed by atoms with van der Waals surface area (Å²) in [7, 11) is 1.65. The van der Waals surface area contributed by atoms with Crippen LogP contribution in [0, 0.1) is 5.92 Å². The number of aromatic amines is 1. The Kier molecular flexibility index (Phi) is 5.95. The lowest BCUT2D eigenvalue weighted by atomic mass is 10.1. The van der Waals surface area contributed by atoms with E-state index in [1.807, 2.05) is 60.8 Å². The minimum Gasteiger partial charge on any atom is -0.496 e. The maximum absolute atomic E-state index is 13.5. The highest BCUT2D eigenvalue weighted by atomic mass is 32.2. The Morgan fingerprint density at radius 3 is 2.57 bits per heavy atom. The van der Waals surface area contributed by atoms with Crippen molar-refractivity contribution >= 4 is 22.8 Å². The third kappa shape index (κ3) is 4.00. The van der Waals surface area contributed by atoms with E-state index in [1.165, 1.54) is 0 Å². The van der Waals surface area contributed by atoms with Crippen LogP contribution < -0.4 is 10.3 Å². The van der Waals surface area contributed by atoms with Crippen molar-refractivity contribution in [3.63, 3.8) is 0 Å². The molecule has 0 saturated carbocycles. The number of H-pyrrole nitrogens is 1. The Bertz CT molecular complexity index is 1210. The summed E-state index contributed by atoms with van der Waals surface area (Å²) in [6.45, 7) is 4.74. The molecule has 0 amide bonds. The number of para-hydroxylation sites is 1. The minimum atomic E-state index is -0.0701. The van der Waals surface area contributed by atoms with Crippen LogP contribution in [0.15, 0.2) is 70.7 Å². The number of hydrogen-bond donors (Lipinski definition) is 1. The largest absolute Gasteiger partial charge is 0.496 e. The molecule has 5 nitrogen and oxygen atoms in total. The number of fused-ring (bicyclic) bond motifs is 1. The molecule has 2 aromatic heterocycles. The average Bonchev–Trinajstić information content (AvgIpc) is 3.19. The maximum atomic E-state index is 13.5. The lowest BCUT2D eigenvalue weighted by molar-refractivity contribution is 0.407. The Balaban J connectivity index is 1.87. The van der Waals surface area contributed by atoms with Gasteiger partial charge in [0.15, 0.2) is 5.16 Å². The second kappa shape index (κ2) is 8.79. The first-order valence-electron chi connectivity index (χ1n) is 10.0. The zero-order valence-electron chi connectivity index (χ0n) is 17.4. The van der Waals surface area contributed by atoms with Crippen LogP contribution in [0.4, 0.5) is 0 Å². The van der Waals surface area contributed by atoms with Crippen molar-refractivity contribution in [2.75, 3.05) is 12.9 Å². The third-order valence-electron chi connectivity index (χ3n) is 4.90. The van der Waals surface area contributed by atoms with Crippen molar-refractivity contribution in [1.29, 1.82) is 0 Å². The third-order valence-corrected chi connectivity index (χ3v) is 6.30. The van der Waals surface area contributed by atoms with Gasteiger partial charge >= 0.3 is 0 Å². The first-order valence-corrected chi connectivity index (χ1v) is 11.0. The summed E-state index contributed by atoms with van der Waals surface area (Å²) in [5, 5.41) is 0.726. The van der Waals surface area contributed by atoms with Crippen LogP contribution in [0.25, 0.3) is 22.2 Å². The van der Waals surface area contributed by atoms with Gasteiger partial charge in [-0.25, -0.2) is 4.98 Å². The van der Waals surface area contributed by atoms with Crippen molar-refractivity contribution < 1.29 is 4.74 Å². The molecular weight excluding hydrogens is 394 g/mol. The lowest BCUT2D eigenvalue weighted by Crippen LogP contribution is -2.24. The second-order valence-corrected chi connectivity index (χ2v) is 8.58. The average molecular weight is 420 g/mol. The van der Waals surface area contributed by atoms with E-state index in [1.54, 1.807) is 23.4 Å². The second-order valence-electron chi connectivity index (χ2n) is 7.59. The Hall–Kier alpha value is -2.99. The number of methoxy groups -OCH3 is 1. The van der Waals surface area contributed by atoms with Gasteiger partial charge in [0.2, 0.25) is 0 Å². The smallest absolute Gasteiger partial charge is 0.278 e. The molecule has 0 unspecified atom stereocenters. The van der Waals surface area contributed by atoms with Crippen LogP contribution in [-0.4, -0.2) is 27.4 Å². The molecule has 154 valence electrons. The van der Waals surface area contributed by atoms with Gasteiger partial charge in [0.25, 0.3) is 5.56 Å². The van der Waals surface area contributed by atoms with Crippen molar-refractivity contribution in [1.82, 2.24) is 14.5 Å². The highest BCUT2D eigenvalue weighted by molar-refractivity contribution is 7.99. The number of hydrogen-bond acceptors (Lipinski definition) is 4. The number of thioether (sulfide) groups is 1. The van der Waals surface area contributed by atoms with E-state index in [4.69, 9.17) is 9.72 Å². The number of nitrogens with one attached hydrogen (secondary N) is 1. The normalized spacial score (nSPS) is 11.3. The van der Waals surface area contributed by atoms with Gasteiger partial charge in [-0.15, -0.1) is 0 Å². The summed E-state index contributed by atoms with van der Waals surface area (Å²) in [6, 6.07) is 17.8. The van der Waals surface area contributed by atoms with E-state index in [9.17, 15) is 4.79 Å². The molecule has 0 aliphatic heterocycles. The summed E-state index contributed by atoms with van der Waals surface area (Å²) in [5.41, 5.74) is 4.10. The van der Waals surface area contributed by atoms with Crippen LogP contribution in [0.2, 0.25) is 0 Å². The van der Waals surface area contributed by atoms with E-state index in [0.29, 0.717) is 23.5 Å². The molecule has 0 aliphatic carbocycles. The molecule has 0 aliphatic rings. The van der Waals surface area contributed by atoms with E-state index in [-0.39, 0.29) is 5.56 Å². The van der Waals surface area contributed by atoms with Gasteiger partial charge in [-0.2, -0.15) is 0 Å². The molecule has 4 aromatic rings. The van der Waals surface area contributed by atoms with Gasteiger partial charge in [-0.1, -0.05) is 74.1 Å². The molecule has 0 spiro atoms. The van der Waals surface area contributed by atoms with E-state index >= 15 is 0 Å². The van der Waals surface area contributed by atoms with Crippen LogP contribution in [0.3, 0.4) is 0 Å². The summed E-state index contributed by atoms with van der Waals surface area (Å²) in [6.07, 6.45) is 1.87. The summed E-state index contributed by atoms with van der Waals surface area (Å²) >= 11 is 1.62. The number of rotatable bonds is 7. The standard InChI is InChI=1S/C24H25N3O2S/c1-16(2)15-30-24-26-21-19(17-9-5-4-6-10-17)13-25-22(21)23(28)27(24)14-18-11-7-8-12-20(18)29-3/h4-13,16,25H,14-15H2,1-3H3. The predicted molar refractivity (Wildman–Crippen MR) is 123 cm³/mol. The van der Waals surface area contributed by atoms with Crippen LogP contribution >= 0.6 is 11.8 Å². The van der Waals surface area contributed by atoms with Crippen molar-refractivity contribution in [2.24, 2.45) is 5.92 Å². The number of nitrogens with zero attached hydrogens (tertiary/aromatic N) is 2. The van der Waals surface area contributed by atoms with Crippen LogP contribution in [0.1, 0.15) is 19.4 Å².